The van der Waals surface area contributed by atoms with Crippen LogP contribution in [0.25, 0.3) is 5.52 Å². The van der Waals surface area contributed by atoms with Gasteiger partial charge in [-0.25, -0.2) is 9.51 Å². The van der Waals surface area contributed by atoms with Gasteiger partial charge in [0.25, 0.3) is 0 Å². The van der Waals surface area contributed by atoms with Crippen LogP contribution in [0.4, 0.5) is 11.5 Å². The third-order valence-corrected chi connectivity index (χ3v) is 5.09. The van der Waals surface area contributed by atoms with Crippen molar-refractivity contribution in [1.82, 2.24) is 9.61 Å². The number of piperazine rings is 1. The van der Waals surface area contributed by atoms with Crippen molar-refractivity contribution in [3.05, 3.63) is 36.2 Å². The standard InChI is InChI=1S/C21H31N6O2/c1-16(15-19(17(2)22)29-14-13-28)23-20-18-7-5-6-8-26(18)24-21(20)25-9-11-27(3,4)12-10-25/h5-8,15,22,28H,9-14H2,1-4H3/q+1/b19-15+,22-17?,23-16-. The van der Waals surface area contributed by atoms with Gasteiger partial charge in [-0.2, -0.15) is 0 Å². The van der Waals surface area contributed by atoms with Crippen molar-refractivity contribution in [1.29, 1.82) is 5.41 Å². The number of aliphatic hydroxyl groups is 1. The van der Waals surface area contributed by atoms with E-state index < -0.39 is 0 Å². The number of nitrogens with zero attached hydrogens (tertiary/aromatic N) is 5. The molecule has 8 heteroatoms. The lowest BCUT2D eigenvalue weighted by molar-refractivity contribution is -0.890. The van der Waals surface area contributed by atoms with Gasteiger partial charge in [0.05, 0.1) is 58.1 Å². The molecule has 2 N–H and O–H groups in total. The first-order valence-corrected chi connectivity index (χ1v) is 9.91. The Hall–Kier alpha value is -2.71. The smallest absolute Gasteiger partial charge is 0.178 e. The van der Waals surface area contributed by atoms with E-state index >= 15 is 0 Å². The molecule has 0 spiro atoms. The molecule has 156 valence electrons. The Morgan fingerprint density at radius 1 is 1.31 bits per heavy atom. The van der Waals surface area contributed by atoms with E-state index in [2.05, 4.69) is 19.0 Å². The van der Waals surface area contributed by atoms with Gasteiger partial charge in [-0.3, -0.25) is 0 Å². The van der Waals surface area contributed by atoms with Crippen molar-refractivity contribution in [2.75, 3.05) is 58.4 Å². The number of anilines is 1. The third-order valence-electron chi connectivity index (χ3n) is 5.09. The van der Waals surface area contributed by atoms with E-state index in [4.69, 9.17) is 25.3 Å². The van der Waals surface area contributed by atoms with E-state index in [9.17, 15) is 0 Å². The lowest BCUT2D eigenvalue weighted by Crippen LogP contribution is -2.55. The second-order valence-electron chi connectivity index (χ2n) is 8.03. The van der Waals surface area contributed by atoms with Crippen LogP contribution in [-0.4, -0.2) is 84.1 Å². The maximum Gasteiger partial charge on any atom is 0.178 e. The van der Waals surface area contributed by atoms with Crippen LogP contribution < -0.4 is 4.90 Å². The molecule has 0 bridgehead atoms. The fourth-order valence-corrected chi connectivity index (χ4v) is 3.32. The van der Waals surface area contributed by atoms with Gasteiger partial charge in [-0.15, -0.1) is 5.10 Å². The molecular formula is C21H31N6O2+. The number of ether oxygens (including phenoxy) is 1. The highest BCUT2D eigenvalue weighted by molar-refractivity contribution is 6.04. The van der Waals surface area contributed by atoms with Crippen molar-refractivity contribution in [3.8, 4) is 0 Å². The molecule has 1 aliphatic heterocycles. The molecule has 3 heterocycles. The molecular weight excluding hydrogens is 368 g/mol. The second-order valence-corrected chi connectivity index (χ2v) is 8.03. The average molecular weight is 400 g/mol. The van der Waals surface area contributed by atoms with Gasteiger partial charge >= 0.3 is 0 Å². The van der Waals surface area contributed by atoms with Crippen LogP contribution in [0.1, 0.15) is 13.8 Å². The lowest BCUT2D eigenvalue weighted by Gasteiger charge is -2.39. The van der Waals surface area contributed by atoms with Crippen LogP contribution in [0.5, 0.6) is 0 Å². The Morgan fingerprint density at radius 2 is 2.03 bits per heavy atom. The fraction of sp³-hybridized carbons (Fsp3) is 0.476. The van der Waals surface area contributed by atoms with Crippen LogP contribution >= 0.6 is 0 Å². The maximum atomic E-state index is 9.00. The summed E-state index contributed by atoms with van der Waals surface area (Å²) >= 11 is 0. The average Bonchev–Trinajstić information content (AvgIpc) is 3.03. The monoisotopic (exact) mass is 399 g/mol. The molecule has 0 unspecified atom stereocenters. The third kappa shape index (κ3) is 5.02. The number of nitrogens with one attached hydrogen (secondary N) is 1. The van der Waals surface area contributed by atoms with Gasteiger partial charge in [0.15, 0.2) is 5.82 Å². The van der Waals surface area contributed by atoms with Gasteiger partial charge in [-0.05, 0) is 26.0 Å². The normalized spacial score (nSPS) is 17.6. The quantitative estimate of drug-likeness (QED) is 0.425. The van der Waals surface area contributed by atoms with Crippen molar-refractivity contribution < 1.29 is 14.3 Å². The highest BCUT2D eigenvalue weighted by Gasteiger charge is 2.28. The molecule has 0 saturated carbocycles. The Kier molecular flexibility index (Phi) is 6.34. The molecule has 1 fully saturated rings. The number of hydrogen-bond donors (Lipinski definition) is 2. The molecule has 8 nitrogen and oxygen atoms in total. The summed E-state index contributed by atoms with van der Waals surface area (Å²) in [5.41, 5.74) is 2.79. The zero-order chi connectivity index (χ0) is 21.0. The number of aliphatic hydroxyl groups excluding tert-OH is 1. The molecule has 0 radical (unpaired) electrons. The number of hydrogen-bond acceptors (Lipinski definition) is 6. The molecule has 29 heavy (non-hydrogen) atoms. The molecule has 2 aromatic heterocycles. The van der Waals surface area contributed by atoms with E-state index in [1.807, 2.05) is 35.8 Å². The predicted molar refractivity (Wildman–Crippen MR) is 117 cm³/mol. The first-order chi connectivity index (χ1) is 13.8. The number of fused-ring (bicyclic) bond motifs is 1. The molecule has 0 aromatic carbocycles. The fourth-order valence-electron chi connectivity index (χ4n) is 3.32. The Morgan fingerprint density at radius 3 is 2.69 bits per heavy atom. The van der Waals surface area contributed by atoms with Crippen LogP contribution in [0.2, 0.25) is 0 Å². The summed E-state index contributed by atoms with van der Waals surface area (Å²) in [4.78, 5) is 7.16. The largest absolute Gasteiger partial charge is 0.489 e. The van der Waals surface area contributed by atoms with Crippen molar-refractivity contribution in [3.63, 3.8) is 0 Å². The molecule has 3 rings (SSSR count). The summed E-state index contributed by atoms with van der Waals surface area (Å²) in [7, 11) is 4.51. The van der Waals surface area contributed by atoms with Crippen LogP contribution in [0.15, 0.2) is 41.2 Å². The second kappa shape index (κ2) is 8.75. The van der Waals surface area contributed by atoms with Gasteiger partial charge in [0.2, 0.25) is 0 Å². The summed E-state index contributed by atoms with van der Waals surface area (Å²) in [6, 6.07) is 5.96. The van der Waals surface area contributed by atoms with Crippen LogP contribution in [0.3, 0.4) is 0 Å². The van der Waals surface area contributed by atoms with Gasteiger partial charge < -0.3 is 24.6 Å². The minimum absolute atomic E-state index is 0.0944. The Labute approximate surface area is 171 Å². The number of likely N-dealkylation sites (N-methyl/N-ethyl adjacent to an activating group) is 1. The highest BCUT2D eigenvalue weighted by atomic mass is 16.5. The molecule has 0 aliphatic carbocycles. The Bertz CT molecular complexity index is 934. The van der Waals surface area contributed by atoms with Crippen molar-refractivity contribution >= 4 is 28.4 Å². The molecule has 0 amide bonds. The number of aliphatic imine (C=N–C) groups is 1. The Balaban J connectivity index is 1.99. The minimum atomic E-state index is -0.0944. The van der Waals surface area contributed by atoms with Crippen molar-refractivity contribution in [2.24, 2.45) is 4.99 Å². The first-order valence-electron chi connectivity index (χ1n) is 9.91. The zero-order valence-electron chi connectivity index (χ0n) is 17.7. The van der Waals surface area contributed by atoms with Crippen molar-refractivity contribution in [2.45, 2.75) is 13.8 Å². The molecule has 1 aliphatic rings. The maximum absolute atomic E-state index is 9.00. The van der Waals surface area contributed by atoms with Crippen LogP contribution in [0, 0.1) is 5.41 Å². The summed E-state index contributed by atoms with van der Waals surface area (Å²) < 4.78 is 8.35. The topological polar surface area (TPSA) is 86.2 Å². The van der Waals surface area contributed by atoms with E-state index in [0.717, 1.165) is 53.4 Å². The summed E-state index contributed by atoms with van der Waals surface area (Å²) in [5.74, 6) is 1.29. The number of aromatic nitrogens is 2. The number of quaternary nitrogens is 1. The zero-order valence-corrected chi connectivity index (χ0v) is 17.7. The van der Waals surface area contributed by atoms with Gasteiger partial charge in [-0.1, -0.05) is 6.07 Å². The number of allylic oxidation sites excluding steroid dienone is 2. The molecule has 0 atom stereocenters. The van der Waals surface area contributed by atoms with E-state index in [1.165, 1.54) is 0 Å². The number of pyridine rings is 1. The lowest BCUT2D eigenvalue weighted by atomic mass is 10.2. The minimum Gasteiger partial charge on any atom is -0.489 e. The predicted octanol–water partition coefficient (Wildman–Crippen LogP) is 2.26. The SMILES string of the molecule is CC(=N)/C(=C\C(C)=N/c1c(N2CC[N+](C)(C)CC2)nn2ccccc12)OCCO. The molecule has 1 saturated heterocycles. The molecule has 2 aromatic rings. The van der Waals surface area contributed by atoms with Gasteiger partial charge in [0.1, 0.15) is 18.1 Å². The van der Waals surface area contributed by atoms with E-state index in [0.29, 0.717) is 11.5 Å². The first kappa shape index (κ1) is 21.0. The highest BCUT2D eigenvalue weighted by Crippen LogP contribution is 2.33. The van der Waals surface area contributed by atoms with E-state index in [-0.39, 0.29) is 13.2 Å². The van der Waals surface area contributed by atoms with Crippen LogP contribution in [-0.2, 0) is 4.74 Å². The number of rotatable bonds is 7. The summed E-state index contributed by atoms with van der Waals surface area (Å²) in [5, 5.41) is 21.7. The summed E-state index contributed by atoms with van der Waals surface area (Å²) in [6.07, 6.45) is 3.68. The van der Waals surface area contributed by atoms with E-state index in [1.54, 1.807) is 13.0 Å². The van der Waals surface area contributed by atoms with Gasteiger partial charge in [0, 0.05) is 18.0 Å². The summed E-state index contributed by atoms with van der Waals surface area (Å²) in [6.45, 7) is 7.58.